The zero-order chi connectivity index (χ0) is 15.3. The Hall–Kier alpha value is -1.31. The highest BCUT2D eigenvalue weighted by atomic mass is 32.2. The van der Waals surface area contributed by atoms with Gasteiger partial charge < -0.3 is 15.7 Å². The molecule has 0 aliphatic rings. The van der Waals surface area contributed by atoms with Crippen molar-refractivity contribution in [1.29, 1.82) is 0 Å². The zero-order valence-corrected chi connectivity index (χ0v) is 12.5. The molecule has 2 amide bonds. The molecular weight excluding hydrogens is 272 g/mol. The van der Waals surface area contributed by atoms with Gasteiger partial charge in [0.15, 0.2) is 0 Å². The van der Waals surface area contributed by atoms with Gasteiger partial charge in [0.1, 0.15) is 15.9 Å². The van der Waals surface area contributed by atoms with Crippen LogP contribution in [0.1, 0.15) is 27.2 Å². The highest BCUT2D eigenvalue weighted by Crippen LogP contribution is 2.19. The summed E-state index contributed by atoms with van der Waals surface area (Å²) in [4.78, 5) is 22.5. The largest absolute Gasteiger partial charge is 0.480 e. The minimum Gasteiger partial charge on any atom is -0.480 e. The van der Waals surface area contributed by atoms with Crippen molar-refractivity contribution >= 4 is 21.8 Å². The number of carboxylic acids is 1. The second-order valence-electron chi connectivity index (χ2n) is 5.52. The lowest BCUT2D eigenvalue weighted by molar-refractivity contribution is -0.141. The van der Waals surface area contributed by atoms with Crippen LogP contribution in [0.2, 0.25) is 0 Å². The molecule has 19 heavy (non-hydrogen) atoms. The SMILES string of the molecule is CC(C)(C)C(NC(=O)NCCCS(C)(=O)=O)C(=O)O. The normalized spacial score (nSPS) is 13.7. The molecule has 0 heterocycles. The maximum Gasteiger partial charge on any atom is 0.326 e. The lowest BCUT2D eigenvalue weighted by atomic mass is 9.87. The quantitative estimate of drug-likeness (QED) is 0.607. The lowest BCUT2D eigenvalue weighted by Gasteiger charge is -2.27. The molecule has 0 aromatic carbocycles. The summed E-state index contributed by atoms with van der Waals surface area (Å²) in [6.07, 6.45) is 1.41. The van der Waals surface area contributed by atoms with Crippen LogP contribution in [0, 0.1) is 5.41 Å². The molecule has 0 aromatic heterocycles. The molecule has 0 spiro atoms. The fourth-order valence-corrected chi connectivity index (χ4v) is 2.04. The van der Waals surface area contributed by atoms with Crippen molar-refractivity contribution in [3.05, 3.63) is 0 Å². The van der Waals surface area contributed by atoms with Crippen molar-refractivity contribution in [3.8, 4) is 0 Å². The predicted octanol–water partition coefficient (Wildman–Crippen LogP) is 0.220. The Morgan fingerprint density at radius 1 is 1.26 bits per heavy atom. The summed E-state index contributed by atoms with van der Waals surface area (Å²) >= 11 is 0. The molecule has 0 rings (SSSR count). The Balaban J connectivity index is 4.20. The highest BCUT2D eigenvalue weighted by Gasteiger charge is 2.32. The van der Waals surface area contributed by atoms with Crippen molar-refractivity contribution in [3.63, 3.8) is 0 Å². The second-order valence-corrected chi connectivity index (χ2v) is 7.78. The monoisotopic (exact) mass is 294 g/mol. The highest BCUT2D eigenvalue weighted by molar-refractivity contribution is 7.90. The lowest BCUT2D eigenvalue weighted by Crippen LogP contribution is -2.52. The van der Waals surface area contributed by atoms with Crippen LogP contribution in [0.15, 0.2) is 0 Å². The Morgan fingerprint density at radius 3 is 2.16 bits per heavy atom. The average Bonchev–Trinajstić information content (AvgIpc) is 2.17. The summed E-state index contributed by atoms with van der Waals surface area (Å²) < 4.78 is 21.7. The molecule has 0 radical (unpaired) electrons. The van der Waals surface area contributed by atoms with Crippen molar-refractivity contribution in [1.82, 2.24) is 10.6 Å². The molecule has 3 N–H and O–H groups in total. The van der Waals surface area contributed by atoms with E-state index in [4.69, 9.17) is 5.11 Å². The molecule has 0 aliphatic carbocycles. The van der Waals surface area contributed by atoms with Gasteiger partial charge in [-0.2, -0.15) is 0 Å². The molecular formula is C11H22N2O5S. The number of hydrogen-bond acceptors (Lipinski definition) is 4. The number of carbonyl (C=O) groups is 2. The standard InChI is InChI=1S/C11H22N2O5S/c1-11(2,3)8(9(14)15)13-10(16)12-6-5-7-19(4,17)18/h8H,5-7H2,1-4H3,(H,14,15)(H2,12,13,16). The van der Waals surface area contributed by atoms with E-state index in [2.05, 4.69) is 10.6 Å². The van der Waals surface area contributed by atoms with Crippen molar-refractivity contribution in [2.75, 3.05) is 18.6 Å². The predicted molar refractivity (Wildman–Crippen MR) is 71.7 cm³/mol. The number of carboxylic acid groups (broad SMARTS) is 1. The molecule has 0 aromatic rings. The molecule has 7 nitrogen and oxygen atoms in total. The minimum atomic E-state index is -3.05. The summed E-state index contributed by atoms with van der Waals surface area (Å²) in [5.74, 6) is -1.13. The molecule has 0 aliphatic heterocycles. The third kappa shape index (κ3) is 8.41. The number of sulfone groups is 1. The third-order valence-electron chi connectivity index (χ3n) is 2.37. The van der Waals surface area contributed by atoms with Crippen molar-refractivity contribution in [2.45, 2.75) is 33.2 Å². The summed E-state index contributed by atoms with van der Waals surface area (Å²) in [5, 5.41) is 13.8. The summed E-state index contributed by atoms with van der Waals surface area (Å²) in [6, 6.07) is -1.63. The van der Waals surface area contributed by atoms with Crippen LogP contribution >= 0.6 is 0 Å². The summed E-state index contributed by atoms with van der Waals surface area (Å²) in [6.45, 7) is 5.29. The van der Waals surface area contributed by atoms with Crippen LogP contribution in [0.5, 0.6) is 0 Å². The van der Waals surface area contributed by atoms with E-state index in [1.807, 2.05) is 0 Å². The molecule has 0 bridgehead atoms. The number of urea groups is 1. The van der Waals surface area contributed by atoms with Crippen LogP contribution < -0.4 is 10.6 Å². The topological polar surface area (TPSA) is 113 Å². The van der Waals surface area contributed by atoms with E-state index in [0.29, 0.717) is 6.42 Å². The Labute approximate surface area is 113 Å². The van der Waals surface area contributed by atoms with E-state index in [1.165, 1.54) is 0 Å². The Morgan fingerprint density at radius 2 is 1.79 bits per heavy atom. The molecule has 1 unspecified atom stereocenters. The number of nitrogens with one attached hydrogen (secondary N) is 2. The van der Waals surface area contributed by atoms with Crippen LogP contribution in [0.25, 0.3) is 0 Å². The van der Waals surface area contributed by atoms with Crippen LogP contribution in [-0.4, -0.2) is 50.1 Å². The van der Waals surface area contributed by atoms with E-state index in [-0.39, 0.29) is 12.3 Å². The van der Waals surface area contributed by atoms with Crippen LogP contribution in [0.4, 0.5) is 4.79 Å². The van der Waals surface area contributed by atoms with Gasteiger partial charge in [0.25, 0.3) is 0 Å². The first-order valence-corrected chi connectivity index (χ1v) is 7.94. The van der Waals surface area contributed by atoms with Gasteiger partial charge in [0.2, 0.25) is 0 Å². The van der Waals surface area contributed by atoms with Crippen molar-refractivity contribution < 1.29 is 23.1 Å². The number of carbonyl (C=O) groups excluding carboxylic acids is 1. The smallest absolute Gasteiger partial charge is 0.326 e. The fraction of sp³-hybridized carbons (Fsp3) is 0.818. The van der Waals surface area contributed by atoms with Crippen LogP contribution in [0.3, 0.4) is 0 Å². The van der Waals surface area contributed by atoms with E-state index >= 15 is 0 Å². The van der Waals surface area contributed by atoms with Gasteiger partial charge in [0, 0.05) is 12.8 Å². The number of rotatable bonds is 6. The minimum absolute atomic E-state index is 0.0189. The van der Waals surface area contributed by atoms with Crippen molar-refractivity contribution in [2.24, 2.45) is 5.41 Å². The first-order valence-electron chi connectivity index (χ1n) is 5.88. The molecule has 0 saturated heterocycles. The van der Waals surface area contributed by atoms with Gasteiger partial charge in [-0.15, -0.1) is 0 Å². The maximum absolute atomic E-state index is 11.5. The molecule has 0 fully saturated rings. The Kier molecular flexibility index (Phi) is 6.28. The van der Waals surface area contributed by atoms with Crippen LogP contribution in [-0.2, 0) is 14.6 Å². The molecule has 1 atom stereocenters. The van der Waals surface area contributed by atoms with E-state index in [1.54, 1.807) is 20.8 Å². The number of hydrogen-bond donors (Lipinski definition) is 3. The fourth-order valence-electron chi connectivity index (χ4n) is 1.37. The van der Waals surface area contributed by atoms with Gasteiger partial charge >= 0.3 is 12.0 Å². The molecule has 0 saturated carbocycles. The van der Waals surface area contributed by atoms with Gasteiger partial charge in [-0.1, -0.05) is 20.8 Å². The first-order chi connectivity index (χ1) is 8.43. The maximum atomic E-state index is 11.5. The zero-order valence-electron chi connectivity index (χ0n) is 11.7. The van der Waals surface area contributed by atoms with E-state index in [9.17, 15) is 18.0 Å². The second kappa shape index (κ2) is 6.74. The first kappa shape index (κ1) is 17.7. The number of amides is 2. The van der Waals surface area contributed by atoms with Gasteiger partial charge in [0.05, 0.1) is 5.75 Å². The Bertz CT molecular complexity index is 425. The van der Waals surface area contributed by atoms with Gasteiger partial charge in [-0.05, 0) is 11.8 Å². The van der Waals surface area contributed by atoms with Gasteiger partial charge in [-0.3, -0.25) is 0 Å². The summed E-state index contributed by atoms with van der Waals surface area (Å²) in [5.41, 5.74) is -0.615. The molecule has 8 heteroatoms. The van der Waals surface area contributed by atoms with E-state index in [0.717, 1.165) is 6.26 Å². The third-order valence-corrected chi connectivity index (χ3v) is 3.40. The average molecular weight is 294 g/mol. The number of aliphatic carboxylic acids is 1. The molecule has 112 valence electrons. The van der Waals surface area contributed by atoms with Gasteiger partial charge in [-0.25, -0.2) is 18.0 Å². The van der Waals surface area contributed by atoms with E-state index < -0.39 is 33.3 Å². The summed E-state index contributed by atoms with van der Waals surface area (Å²) in [7, 11) is -3.05.